The number of aryl methyl sites for hydroxylation is 2. The molecule has 0 bridgehead atoms. The van der Waals surface area contributed by atoms with Gasteiger partial charge in [-0.3, -0.25) is 14.2 Å². The first kappa shape index (κ1) is 30.5. The van der Waals surface area contributed by atoms with E-state index in [1.165, 1.54) is 23.3 Å². The van der Waals surface area contributed by atoms with Crippen molar-refractivity contribution in [1.29, 1.82) is 0 Å². The van der Waals surface area contributed by atoms with Crippen LogP contribution in [0.15, 0.2) is 73.3 Å². The lowest BCUT2D eigenvalue weighted by molar-refractivity contribution is -0.141. The van der Waals surface area contributed by atoms with Crippen LogP contribution in [0.2, 0.25) is 0 Å². The maximum absolute atomic E-state index is 13.9. The molecular formula is C31H32F3N7O3. The monoisotopic (exact) mass is 607 g/mol. The van der Waals surface area contributed by atoms with Crippen molar-refractivity contribution >= 4 is 17.6 Å². The first-order chi connectivity index (χ1) is 21.1. The van der Waals surface area contributed by atoms with Gasteiger partial charge in [0.2, 0.25) is 11.9 Å². The molecule has 44 heavy (non-hydrogen) atoms. The number of nitrogens with one attached hydrogen (secondary N) is 1. The van der Waals surface area contributed by atoms with Crippen molar-refractivity contribution in [3.8, 4) is 11.7 Å². The Kier molecular flexibility index (Phi) is 9.12. The number of piperazine rings is 1. The van der Waals surface area contributed by atoms with Crippen molar-refractivity contribution in [2.75, 3.05) is 31.1 Å². The number of halogens is 3. The quantitative estimate of drug-likeness (QED) is 0.306. The van der Waals surface area contributed by atoms with Crippen LogP contribution in [0.4, 0.5) is 19.0 Å². The lowest BCUT2D eigenvalue weighted by atomic mass is 10.1. The van der Waals surface area contributed by atoms with E-state index in [4.69, 9.17) is 4.74 Å². The average Bonchev–Trinajstić information content (AvgIpc) is 3.56. The maximum atomic E-state index is 13.9. The fraction of sp³-hybridized carbons (Fsp3) is 0.323. The van der Waals surface area contributed by atoms with Crippen LogP contribution in [0.1, 0.15) is 28.8 Å². The molecular weight excluding hydrogens is 575 g/mol. The molecule has 1 unspecified atom stereocenters. The molecule has 4 aromatic rings. The molecule has 1 aliphatic heterocycles. The standard InChI is InChI=1S/C31H32F3N7O3/c1-21-8-9-23(14-22(21)2)17-36-28(42)15-24-18-39(29(43)19-44-25-6-4-3-5-7-25)12-13-41(24)27-16-26(31(32,33)34)37-30(38-27)40-11-10-35-20-40/h3-11,14,16,20,24H,12-13,15,17-19H2,1-2H3,(H,36,42). The van der Waals surface area contributed by atoms with E-state index in [9.17, 15) is 22.8 Å². The number of nitrogens with zero attached hydrogens (tertiary/aromatic N) is 6. The van der Waals surface area contributed by atoms with Crippen LogP contribution in [0.5, 0.6) is 5.75 Å². The first-order valence-corrected chi connectivity index (χ1v) is 14.1. The molecule has 1 fully saturated rings. The summed E-state index contributed by atoms with van der Waals surface area (Å²) in [7, 11) is 0. The van der Waals surface area contributed by atoms with Gasteiger partial charge in [-0.15, -0.1) is 0 Å². The van der Waals surface area contributed by atoms with Gasteiger partial charge in [0, 0.05) is 51.1 Å². The Morgan fingerprint density at radius 1 is 1.02 bits per heavy atom. The third-order valence-corrected chi connectivity index (χ3v) is 7.44. The summed E-state index contributed by atoms with van der Waals surface area (Å²) in [6.07, 6.45) is -0.660. The second-order valence-corrected chi connectivity index (χ2v) is 10.6. The van der Waals surface area contributed by atoms with Crippen LogP contribution >= 0.6 is 0 Å². The highest BCUT2D eigenvalue weighted by molar-refractivity contribution is 5.79. The lowest BCUT2D eigenvalue weighted by Gasteiger charge is -2.42. The number of hydrogen-bond donors (Lipinski definition) is 1. The topological polar surface area (TPSA) is 105 Å². The minimum atomic E-state index is -4.74. The number of ether oxygens (including phenoxy) is 1. The van der Waals surface area contributed by atoms with E-state index >= 15 is 0 Å². The number of para-hydroxylation sites is 1. The number of rotatable bonds is 9. The van der Waals surface area contributed by atoms with E-state index in [0.29, 0.717) is 5.75 Å². The zero-order valence-corrected chi connectivity index (χ0v) is 24.3. The summed E-state index contributed by atoms with van der Waals surface area (Å²) in [4.78, 5) is 41.5. The van der Waals surface area contributed by atoms with Gasteiger partial charge >= 0.3 is 6.18 Å². The molecule has 0 aliphatic carbocycles. The molecule has 2 aromatic heterocycles. The fourth-order valence-electron chi connectivity index (χ4n) is 4.92. The highest BCUT2D eigenvalue weighted by atomic mass is 19.4. The molecule has 3 heterocycles. The summed E-state index contributed by atoms with van der Waals surface area (Å²) in [5.74, 6) is -0.287. The third kappa shape index (κ3) is 7.52. The molecule has 0 saturated carbocycles. The van der Waals surface area contributed by atoms with Crippen molar-refractivity contribution in [1.82, 2.24) is 29.7 Å². The smallest absolute Gasteiger partial charge is 0.433 e. The van der Waals surface area contributed by atoms with E-state index in [1.807, 2.05) is 38.1 Å². The van der Waals surface area contributed by atoms with E-state index in [-0.39, 0.29) is 62.8 Å². The number of alkyl halides is 3. The van der Waals surface area contributed by atoms with Gasteiger partial charge < -0.3 is 19.9 Å². The Hall–Kier alpha value is -4.94. The van der Waals surface area contributed by atoms with Crippen LogP contribution in [0.25, 0.3) is 5.95 Å². The van der Waals surface area contributed by atoms with Crippen LogP contribution in [-0.4, -0.2) is 68.5 Å². The zero-order chi connectivity index (χ0) is 31.3. The number of carbonyl (C=O) groups is 2. The van der Waals surface area contributed by atoms with Crippen molar-refractivity contribution in [2.45, 2.75) is 39.0 Å². The summed E-state index contributed by atoms with van der Waals surface area (Å²) in [5.41, 5.74) is 2.03. The average molecular weight is 608 g/mol. The Bertz CT molecular complexity index is 1600. The predicted molar refractivity (Wildman–Crippen MR) is 156 cm³/mol. The van der Waals surface area contributed by atoms with Gasteiger partial charge in [-0.05, 0) is 42.7 Å². The molecule has 230 valence electrons. The molecule has 0 spiro atoms. The van der Waals surface area contributed by atoms with Crippen molar-refractivity contribution < 1.29 is 27.5 Å². The number of amides is 2. The molecule has 1 aliphatic rings. The molecule has 10 nitrogen and oxygen atoms in total. The SMILES string of the molecule is Cc1ccc(CNC(=O)CC2CN(C(=O)COc3ccccc3)CCN2c2cc(C(F)(F)F)nc(-n3ccnc3)n2)cc1C. The molecule has 1 N–H and O–H groups in total. The summed E-state index contributed by atoms with van der Waals surface area (Å²) in [6, 6.07) is 15.0. The highest BCUT2D eigenvalue weighted by Crippen LogP contribution is 2.32. The number of carbonyl (C=O) groups excluding carboxylic acids is 2. The van der Waals surface area contributed by atoms with Gasteiger partial charge in [0.05, 0.1) is 6.04 Å². The van der Waals surface area contributed by atoms with Gasteiger partial charge in [0.1, 0.15) is 17.9 Å². The lowest BCUT2D eigenvalue weighted by Crippen LogP contribution is -2.57. The van der Waals surface area contributed by atoms with Gasteiger partial charge in [0.25, 0.3) is 5.91 Å². The molecule has 5 rings (SSSR count). The largest absolute Gasteiger partial charge is 0.484 e. The Labute approximate surface area is 252 Å². The normalized spacial score (nSPS) is 15.2. The fourth-order valence-corrected chi connectivity index (χ4v) is 4.92. The predicted octanol–water partition coefficient (Wildman–Crippen LogP) is 4.10. The molecule has 0 radical (unpaired) electrons. The number of imidazole rings is 1. The van der Waals surface area contributed by atoms with Gasteiger partial charge in [-0.25, -0.2) is 9.97 Å². The second kappa shape index (κ2) is 13.1. The second-order valence-electron chi connectivity index (χ2n) is 10.6. The van der Waals surface area contributed by atoms with Crippen molar-refractivity contribution in [2.24, 2.45) is 0 Å². The Morgan fingerprint density at radius 3 is 2.52 bits per heavy atom. The zero-order valence-electron chi connectivity index (χ0n) is 24.3. The van der Waals surface area contributed by atoms with Gasteiger partial charge in [0.15, 0.2) is 12.3 Å². The number of anilines is 1. The molecule has 1 saturated heterocycles. The summed E-state index contributed by atoms with van der Waals surface area (Å²) in [6.45, 7) is 4.49. The number of benzene rings is 2. The summed E-state index contributed by atoms with van der Waals surface area (Å²) in [5, 5.41) is 2.91. The number of aromatic nitrogens is 4. The minimum Gasteiger partial charge on any atom is -0.484 e. The Balaban J connectivity index is 1.38. The van der Waals surface area contributed by atoms with Crippen molar-refractivity contribution in [3.63, 3.8) is 0 Å². The molecule has 13 heteroatoms. The van der Waals surface area contributed by atoms with Crippen LogP contribution in [0.3, 0.4) is 0 Å². The van der Waals surface area contributed by atoms with Crippen molar-refractivity contribution in [3.05, 3.63) is 95.7 Å². The molecule has 1 atom stereocenters. The van der Waals surface area contributed by atoms with E-state index < -0.39 is 17.9 Å². The Morgan fingerprint density at radius 2 is 1.82 bits per heavy atom. The minimum absolute atomic E-state index is 0.00406. The molecule has 2 amide bonds. The third-order valence-electron chi connectivity index (χ3n) is 7.44. The van der Waals surface area contributed by atoms with E-state index in [0.717, 1.165) is 22.8 Å². The summed E-state index contributed by atoms with van der Waals surface area (Å²) < 4.78 is 48.6. The van der Waals surface area contributed by atoms with Crippen LogP contribution in [-0.2, 0) is 22.3 Å². The molecule has 2 aromatic carbocycles. The first-order valence-electron chi connectivity index (χ1n) is 14.1. The van der Waals surface area contributed by atoms with Crippen LogP contribution in [0, 0.1) is 13.8 Å². The van der Waals surface area contributed by atoms with Crippen LogP contribution < -0.4 is 15.0 Å². The number of hydrogen-bond acceptors (Lipinski definition) is 7. The van der Waals surface area contributed by atoms with E-state index in [1.54, 1.807) is 34.1 Å². The highest BCUT2D eigenvalue weighted by Gasteiger charge is 2.37. The van der Waals surface area contributed by atoms with E-state index in [2.05, 4.69) is 20.3 Å². The maximum Gasteiger partial charge on any atom is 0.433 e. The summed E-state index contributed by atoms with van der Waals surface area (Å²) >= 11 is 0. The van der Waals surface area contributed by atoms with Gasteiger partial charge in [-0.2, -0.15) is 18.2 Å². The van der Waals surface area contributed by atoms with Gasteiger partial charge in [-0.1, -0.05) is 36.4 Å².